The Labute approximate surface area is 227 Å². The van der Waals surface area contributed by atoms with Crippen molar-refractivity contribution in [2.24, 2.45) is 0 Å². The summed E-state index contributed by atoms with van der Waals surface area (Å²) in [4.78, 5) is 21.8. The SMILES string of the molecule is C=C(C)C(=O)OC(F)C(F)(F)C(F)(F)C(F)(F)C(F)(F)C(F)C(F)F.C=C(C)C(=O)OCCC[Si](OC)(OC)OC. The fourth-order valence-electron chi connectivity index (χ4n) is 2.29. The van der Waals surface area contributed by atoms with Crippen LogP contribution in [0.3, 0.4) is 0 Å². The predicted molar refractivity (Wildman–Crippen MR) is 118 cm³/mol. The van der Waals surface area contributed by atoms with E-state index in [2.05, 4.69) is 17.9 Å². The number of alkyl halides is 12. The van der Waals surface area contributed by atoms with Crippen LogP contribution in [0, 0.1) is 0 Å². The lowest BCUT2D eigenvalue weighted by Crippen LogP contribution is -2.67. The average molecular weight is 649 g/mol. The van der Waals surface area contributed by atoms with Gasteiger partial charge in [-0.05, 0) is 20.3 Å². The van der Waals surface area contributed by atoms with Crippen molar-refractivity contribution in [3.8, 4) is 0 Å². The van der Waals surface area contributed by atoms with Gasteiger partial charge < -0.3 is 22.8 Å². The lowest BCUT2D eigenvalue weighted by molar-refractivity contribution is -0.399. The second kappa shape index (κ2) is 15.8. The smallest absolute Gasteiger partial charge is 0.462 e. The Hall–Kier alpha value is -2.32. The van der Waals surface area contributed by atoms with Gasteiger partial charge in [0.25, 0.3) is 6.43 Å². The summed E-state index contributed by atoms with van der Waals surface area (Å²) in [6.45, 7) is 8.83. The summed E-state index contributed by atoms with van der Waals surface area (Å²) in [5, 5.41) is 0. The molecule has 0 saturated carbocycles. The van der Waals surface area contributed by atoms with E-state index in [1.807, 2.05) is 0 Å². The van der Waals surface area contributed by atoms with Crippen molar-refractivity contribution in [3.05, 3.63) is 24.3 Å². The minimum Gasteiger partial charge on any atom is -0.462 e. The molecule has 0 aliphatic heterocycles. The molecule has 0 spiro atoms. The molecule has 0 aromatic heterocycles. The molecule has 2 unspecified atom stereocenters. The van der Waals surface area contributed by atoms with Crippen LogP contribution in [0.5, 0.6) is 0 Å². The third-order valence-electron chi connectivity index (χ3n) is 4.79. The molecule has 20 heteroatoms. The van der Waals surface area contributed by atoms with Crippen LogP contribution in [-0.4, -0.2) is 91.3 Å². The molecule has 0 aromatic rings. The first-order valence-corrected chi connectivity index (χ1v) is 12.7. The molecule has 0 amide bonds. The van der Waals surface area contributed by atoms with Crippen molar-refractivity contribution in [2.75, 3.05) is 27.9 Å². The number of halogens is 12. The van der Waals surface area contributed by atoms with Crippen LogP contribution in [-0.2, 0) is 32.3 Å². The molecule has 0 radical (unpaired) electrons. The van der Waals surface area contributed by atoms with Crippen LogP contribution >= 0.6 is 0 Å². The molecular formula is C21H28F12O7Si. The van der Waals surface area contributed by atoms with Crippen LogP contribution < -0.4 is 0 Å². The van der Waals surface area contributed by atoms with Gasteiger partial charge in [0.05, 0.1) is 6.61 Å². The molecule has 2 atom stereocenters. The van der Waals surface area contributed by atoms with E-state index in [0.29, 0.717) is 31.6 Å². The van der Waals surface area contributed by atoms with Crippen LogP contribution in [0.2, 0.25) is 6.04 Å². The van der Waals surface area contributed by atoms with Crippen molar-refractivity contribution >= 4 is 20.7 Å². The summed E-state index contributed by atoms with van der Waals surface area (Å²) >= 11 is 0. The van der Waals surface area contributed by atoms with Crippen molar-refractivity contribution in [1.29, 1.82) is 0 Å². The van der Waals surface area contributed by atoms with Crippen molar-refractivity contribution in [2.45, 2.75) is 69.0 Å². The summed E-state index contributed by atoms with van der Waals surface area (Å²) in [5.74, 6) is -31.3. The van der Waals surface area contributed by atoms with E-state index in [0.717, 1.165) is 0 Å². The summed E-state index contributed by atoms with van der Waals surface area (Å²) in [7, 11) is 2.13. The zero-order valence-corrected chi connectivity index (χ0v) is 23.2. The largest absolute Gasteiger partial charge is 0.500 e. The number of carbonyl (C=O) groups is 2. The Kier molecular flexibility index (Phi) is 15.7. The highest BCUT2D eigenvalue weighted by atomic mass is 28.4. The van der Waals surface area contributed by atoms with Gasteiger partial charge in [0, 0.05) is 38.5 Å². The Morgan fingerprint density at radius 2 is 1.12 bits per heavy atom. The quantitative estimate of drug-likeness (QED) is 0.0676. The Morgan fingerprint density at radius 1 is 0.732 bits per heavy atom. The van der Waals surface area contributed by atoms with Crippen LogP contribution in [0.15, 0.2) is 24.3 Å². The van der Waals surface area contributed by atoms with E-state index in [1.54, 1.807) is 28.3 Å². The van der Waals surface area contributed by atoms with Gasteiger partial charge in [0.1, 0.15) is 0 Å². The van der Waals surface area contributed by atoms with Gasteiger partial charge in [-0.2, -0.15) is 39.5 Å². The van der Waals surface area contributed by atoms with Gasteiger partial charge in [0.2, 0.25) is 6.17 Å². The first-order valence-electron chi connectivity index (χ1n) is 10.8. The topological polar surface area (TPSA) is 80.3 Å². The average Bonchev–Trinajstić information content (AvgIpc) is 2.88. The monoisotopic (exact) mass is 648 g/mol. The molecule has 0 heterocycles. The van der Waals surface area contributed by atoms with Crippen LogP contribution in [0.4, 0.5) is 52.7 Å². The number of rotatable bonds is 16. The van der Waals surface area contributed by atoms with Gasteiger partial charge in [-0.3, -0.25) is 0 Å². The molecule has 7 nitrogen and oxygen atoms in total. The molecule has 0 N–H and O–H groups in total. The zero-order valence-electron chi connectivity index (χ0n) is 22.2. The lowest BCUT2D eigenvalue weighted by Gasteiger charge is -2.38. The van der Waals surface area contributed by atoms with E-state index in [9.17, 15) is 62.3 Å². The zero-order chi connectivity index (χ0) is 33.2. The van der Waals surface area contributed by atoms with E-state index in [4.69, 9.17) is 18.0 Å². The van der Waals surface area contributed by atoms with Crippen molar-refractivity contribution < 1.29 is 85.0 Å². The first-order chi connectivity index (χ1) is 18.4. The highest BCUT2D eigenvalue weighted by molar-refractivity contribution is 6.60. The molecule has 0 saturated heterocycles. The summed E-state index contributed by atoms with van der Waals surface area (Å²) < 4.78 is 177. The van der Waals surface area contributed by atoms with Crippen molar-refractivity contribution in [3.63, 3.8) is 0 Å². The highest BCUT2D eigenvalue weighted by Gasteiger charge is 2.85. The molecular weight excluding hydrogens is 620 g/mol. The maximum atomic E-state index is 13.2. The Balaban J connectivity index is 0. The molecule has 0 rings (SSSR count). The number of carbonyl (C=O) groups excluding carboxylic acids is 2. The normalized spacial score (nSPS) is 14.5. The van der Waals surface area contributed by atoms with E-state index < -0.39 is 63.0 Å². The summed E-state index contributed by atoms with van der Waals surface area (Å²) in [6.07, 6.45) is -14.5. The molecule has 0 aliphatic carbocycles. The standard InChI is InChI=1S/C11H8F12O2.C10H20O5Si/c1-3(2)6(24)25-7(15)9(18,19)11(22,23)10(20,21)8(16,17)4(12)5(13)14;1-9(2)10(11)15-7-6-8-16(12-3,13-4)14-5/h4-5,7H,1H2,2H3;1,6-8H2,2-5H3. The van der Waals surface area contributed by atoms with Crippen molar-refractivity contribution in [1.82, 2.24) is 0 Å². The highest BCUT2D eigenvalue weighted by Crippen LogP contribution is 2.56. The van der Waals surface area contributed by atoms with Gasteiger partial charge in [-0.25, -0.2) is 22.8 Å². The van der Waals surface area contributed by atoms with E-state index in [-0.39, 0.29) is 5.97 Å². The second-order valence-electron chi connectivity index (χ2n) is 7.95. The predicted octanol–water partition coefficient (Wildman–Crippen LogP) is 5.92. The first kappa shape index (κ1) is 40.8. The minimum atomic E-state index is -7.49. The van der Waals surface area contributed by atoms with Gasteiger partial charge in [0.15, 0.2) is 0 Å². The van der Waals surface area contributed by atoms with Gasteiger partial charge >= 0.3 is 50.8 Å². The minimum absolute atomic E-state index is 0.316. The molecule has 242 valence electrons. The van der Waals surface area contributed by atoms with E-state index >= 15 is 0 Å². The third-order valence-corrected chi connectivity index (χ3v) is 7.62. The number of hydrogen-bond donors (Lipinski definition) is 0. The molecule has 0 fully saturated rings. The van der Waals surface area contributed by atoms with Crippen LogP contribution in [0.1, 0.15) is 20.3 Å². The Morgan fingerprint density at radius 3 is 1.46 bits per heavy atom. The summed E-state index contributed by atoms with van der Waals surface area (Å²) in [5.41, 5.74) is -0.464. The third kappa shape index (κ3) is 9.88. The second-order valence-corrected chi connectivity index (χ2v) is 11.0. The number of hydrogen-bond acceptors (Lipinski definition) is 7. The summed E-state index contributed by atoms with van der Waals surface area (Å²) in [6, 6.07) is 0.611. The Bertz CT molecular complexity index is 890. The lowest BCUT2D eigenvalue weighted by atomic mass is 9.95. The fraction of sp³-hybridized carbons (Fsp3) is 0.714. The van der Waals surface area contributed by atoms with E-state index in [1.165, 1.54) is 0 Å². The van der Waals surface area contributed by atoms with Crippen LogP contribution in [0.25, 0.3) is 0 Å². The molecule has 0 aromatic carbocycles. The number of esters is 2. The molecule has 41 heavy (non-hydrogen) atoms. The fourth-order valence-corrected chi connectivity index (χ4v) is 3.98. The van der Waals surface area contributed by atoms with Gasteiger partial charge in [-0.1, -0.05) is 13.2 Å². The number of ether oxygens (including phenoxy) is 2. The van der Waals surface area contributed by atoms with Gasteiger partial charge in [-0.15, -0.1) is 0 Å². The molecule has 0 aliphatic rings. The maximum Gasteiger partial charge on any atom is 0.500 e. The molecule has 0 bridgehead atoms. The maximum absolute atomic E-state index is 13.2.